The van der Waals surface area contributed by atoms with Crippen LogP contribution in [0.4, 0.5) is 5.69 Å². The molecule has 22 heavy (non-hydrogen) atoms. The van der Waals surface area contributed by atoms with Crippen molar-refractivity contribution < 1.29 is 19.6 Å². The molecule has 0 saturated carbocycles. The van der Waals surface area contributed by atoms with Crippen LogP contribution in [0.25, 0.3) is 0 Å². The second kappa shape index (κ2) is 6.57. The van der Waals surface area contributed by atoms with Crippen LogP contribution in [0.1, 0.15) is 15.9 Å². The van der Waals surface area contributed by atoms with Gasteiger partial charge in [0.25, 0.3) is 11.6 Å². The number of hydrogen-bond donors (Lipinski definition) is 2. The largest absolute Gasteiger partial charge is 0.507 e. The number of nitro groups is 1. The number of methoxy groups -OCH3 is 1. The fraction of sp³-hybridized carbons (Fsp3) is 0.133. The highest BCUT2D eigenvalue weighted by atomic mass is 16.6. The molecule has 2 rings (SSSR count). The molecular weight excluding hydrogens is 288 g/mol. The van der Waals surface area contributed by atoms with Crippen molar-refractivity contribution in [3.8, 4) is 11.5 Å². The maximum Gasteiger partial charge on any atom is 0.269 e. The smallest absolute Gasteiger partial charge is 0.269 e. The van der Waals surface area contributed by atoms with Crippen LogP contribution in [0.3, 0.4) is 0 Å². The van der Waals surface area contributed by atoms with Crippen LogP contribution in [-0.2, 0) is 6.54 Å². The van der Waals surface area contributed by atoms with E-state index in [-0.39, 0.29) is 23.5 Å². The highest BCUT2D eigenvalue weighted by Gasteiger charge is 2.12. The Bertz CT molecular complexity index is 698. The second-order valence-corrected chi connectivity index (χ2v) is 4.49. The van der Waals surface area contributed by atoms with Gasteiger partial charge in [-0.2, -0.15) is 0 Å². The third kappa shape index (κ3) is 3.51. The molecule has 0 aromatic heterocycles. The monoisotopic (exact) mass is 302 g/mol. The van der Waals surface area contributed by atoms with Crippen molar-refractivity contribution in [2.45, 2.75) is 6.54 Å². The third-order valence-corrected chi connectivity index (χ3v) is 3.05. The SMILES string of the molecule is COc1ccc(C(=O)NCc2ccc([N+](=O)[O-])cc2)c(O)c1. The van der Waals surface area contributed by atoms with Crippen LogP contribution in [0.15, 0.2) is 42.5 Å². The number of non-ortho nitro benzene ring substituents is 1. The fourth-order valence-corrected chi connectivity index (χ4v) is 1.84. The van der Waals surface area contributed by atoms with Gasteiger partial charge >= 0.3 is 0 Å². The molecule has 0 aliphatic heterocycles. The van der Waals surface area contributed by atoms with E-state index in [1.807, 2.05) is 0 Å². The number of ether oxygens (including phenoxy) is 1. The zero-order valence-corrected chi connectivity index (χ0v) is 11.8. The van der Waals surface area contributed by atoms with Crippen LogP contribution in [0, 0.1) is 10.1 Å². The molecule has 0 aliphatic rings. The molecule has 0 heterocycles. The van der Waals surface area contributed by atoms with Gasteiger partial charge in [0.1, 0.15) is 11.5 Å². The molecule has 0 fully saturated rings. The molecule has 2 aromatic rings. The summed E-state index contributed by atoms with van der Waals surface area (Å²) in [7, 11) is 1.46. The van der Waals surface area contributed by atoms with Crippen molar-refractivity contribution >= 4 is 11.6 Å². The van der Waals surface area contributed by atoms with Gasteiger partial charge in [-0.05, 0) is 17.7 Å². The van der Waals surface area contributed by atoms with E-state index < -0.39 is 10.8 Å². The normalized spacial score (nSPS) is 10.0. The average Bonchev–Trinajstić information content (AvgIpc) is 2.52. The molecule has 0 bridgehead atoms. The summed E-state index contributed by atoms with van der Waals surface area (Å²) in [5.41, 5.74) is 0.831. The van der Waals surface area contributed by atoms with Crippen LogP contribution in [-0.4, -0.2) is 23.0 Å². The number of phenols is 1. The van der Waals surface area contributed by atoms with Crippen LogP contribution < -0.4 is 10.1 Å². The molecule has 0 radical (unpaired) electrons. The van der Waals surface area contributed by atoms with E-state index in [2.05, 4.69) is 5.32 Å². The number of nitrogens with one attached hydrogen (secondary N) is 1. The highest BCUT2D eigenvalue weighted by Crippen LogP contribution is 2.23. The van der Waals surface area contributed by atoms with Crippen molar-refractivity contribution in [3.05, 3.63) is 63.7 Å². The lowest BCUT2D eigenvalue weighted by Gasteiger charge is -2.08. The van der Waals surface area contributed by atoms with Crippen molar-refractivity contribution in [2.75, 3.05) is 7.11 Å². The van der Waals surface area contributed by atoms with Crippen molar-refractivity contribution in [1.29, 1.82) is 0 Å². The number of hydrogen-bond acceptors (Lipinski definition) is 5. The molecule has 2 N–H and O–H groups in total. The van der Waals surface area contributed by atoms with E-state index in [4.69, 9.17) is 4.74 Å². The molecule has 1 amide bonds. The second-order valence-electron chi connectivity index (χ2n) is 4.49. The third-order valence-electron chi connectivity index (χ3n) is 3.05. The number of aromatic hydroxyl groups is 1. The van der Waals surface area contributed by atoms with Gasteiger partial charge in [0.2, 0.25) is 0 Å². The molecule has 0 spiro atoms. The van der Waals surface area contributed by atoms with Gasteiger partial charge in [-0.3, -0.25) is 14.9 Å². The highest BCUT2D eigenvalue weighted by molar-refractivity contribution is 5.96. The number of phenolic OH excluding ortho intramolecular Hbond substituents is 1. The topological polar surface area (TPSA) is 102 Å². The summed E-state index contributed by atoms with van der Waals surface area (Å²) in [6.45, 7) is 0.197. The molecule has 0 atom stereocenters. The van der Waals surface area contributed by atoms with Gasteiger partial charge in [-0.1, -0.05) is 12.1 Å². The molecule has 7 nitrogen and oxygen atoms in total. The molecular formula is C15H14N2O5. The van der Waals surface area contributed by atoms with Crippen molar-refractivity contribution in [2.24, 2.45) is 0 Å². The fourth-order valence-electron chi connectivity index (χ4n) is 1.84. The lowest BCUT2D eigenvalue weighted by atomic mass is 10.1. The van der Waals surface area contributed by atoms with Gasteiger partial charge in [0, 0.05) is 24.7 Å². The molecule has 114 valence electrons. The first kappa shape index (κ1) is 15.3. The zero-order valence-electron chi connectivity index (χ0n) is 11.8. The van der Waals surface area contributed by atoms with Gasteiger partial charge < -0.3 is 15.2 Å². The summed E-state index contributed by atoms with van der Waals surface area (Å²) < 4.78 is 4.94. The maximum absolute atomic E-state index is 12.0. The lowest BCUT2D eigenvalue weighted by molar-refractivity contribution is -0.384. The minimum Gasteiger partial charge on any atom is -0.507 e. The number of nitrogens with zero attached hydrogens (tertiary/aromatic N) is 1. The van der Waals surface area contributed by atoms with Crippen molar-refractivity contribution in [1.82, 2.24) is 5.32 Å². The van der Waals surface area contributed by atoms with E-state index in [1.165, 1.54) is 31.4 Å². The number of carbonyl (C=O) groups is 1. The van der Waals surface area contributed by atoms with E-state index in [0.717, 1.165) is 0 Å². The van der Waals surface area contributed by atoms with Crippen molar-refractivity contribution in [3.63, 3.8) is 0 Å². The Morgan fingerprint density at radius 2 is 1.95 bits per heavy atom. The summed E-state index contributed by atoms with van der Waals surface area (Å²) in [5, 5.41) is 23.0. The summed E-state index contributed by atoms with van der Waals surface area (Å²) >= 11 is 0. The zero-order chi connectivity index (χ0) is 16.1. The Balaban J connectivity index is 2.02. The Labute approximate surface area is 126 Å². The van der Waals surface area contributed by atoms with Gasteiger partial charge in [-0.15, -0.1) is 0 Å². The average molecular weight is 302 g/mol. The molecule has 0 aliphatic carbocycles. The number of nitro benzene ring substituents is 1. The Hall–Kier alpha value is -3.09. The van der Waals surface area contributed by atoms with E-state index in [9.17, 15) is 20.0 Å². The Morgan fingerprint density at radius 3 is 2.50 bits per heavy atom. The summed E-state index contributed by atoms with van der Waals surface area (Å²) in [6, 6.07) is 10.2. The molecule has 0 saturated heterocycles. The van der Waals surface area contributed by atoms with Gasteiger partial charge in [0.15, 0.2) is 0 Å². The Morgan fingerprint density at radius 1 is 1.27 bits per heavy atom. The van der Waals surface area contributed by atoms with E-state index >= 15 is 0 Å². The number of rotatable bonds is 5. The first-order valence-electron chi connectivity index (χ1n) is 6.40. The number of benzene rings is 2. The van der Waals surface area contributed by atoms with Crippen LogP contribution in [0.5, 0.6) is 11.5 Å². The molecule has 7 heteroatoms. The first-order valence-corrected chi connectivity index (χ1v) is 6.40. The van der Waals surface area contributed by atoms with Gasteiger partial charge in [0.05, 0.1) is 17.6 Å². The molecule has 2 aromatic carbocycles. The minimum absolute atomic E-state index is 0.0112. The number of carbonyl (C=O) groups excluding carboxylic acids is 1. The first-order chi connectivity index (χ1) is 10.5. The van der Waals surface area contributed by atoms with E-state index in [1.54, 1.807) is 18.2 Å². The maximum atomic E-state index is 12.0. The van der Waals surface area contributed by atoms with E-state index in [0.29, 0.717) is 11.3 Å². The molecule has 0 unspecified atom stereocenters. The predicted molar refractivity (Wildman–Crippen MR) is 78.9 cm³/mol. The van der Waals surface area contributed by atoms with Crippen LogP contribution in [0.2, 0.25) is 0 Å². The van der Waals surface area contributed by atoms with Crippen LogP contribution >= 0.6 is 0 Å². The summed E-state index contributed by atoms with van der Waals surface area (Å²) in [6.07, 6.45) is 0. The lowest BCUT2D eigenvalue weighted by Crippen LogP contribution is -2.22. The summed E-state index contributed by atoms with van der Waals surface area (Å²) in [4.78, 5) is 22.1. The van der Waals surface area contributed by atoms with Gasteiger partial charge in [-0.25, -0.2) is 0 Å². The quantitative estimate of drug-likeness (QED) is 0.651. The number of amides is 1. The standard InChI is InChI=1S/C15H14N2O5/c1-22-12-6-7-13(14(18)8-12)15(19)16-9-10-2-4-11(5-3-10)17(20)21/h2-8,18H,9H2,1H3,(H,16,19). The Kier molecular flexibility index (Phi) is 4.57. The summed E-state index contributed by atoms with van der Waals surface area (Å²) in [5.74, 6) is -0.177. The predicted octanol–water partition coefficient (Wildman–Crippen LogP) is 2.24. The minimum atomic E-state index is -0.488.